The first-order valence-electron chi connectivity index (χ1n) is 16.6. The summed E-state index contributed by atoms with van der Waals surface area (Å²) < 4.78 is 50.7. The predicted molar refractivity (Wildman–Crippen MR) is 168 cm³/mol. The summed E-state index contributed by atoms with van der Waals surface area (Å²) in [6.45, 7) is 4.97. The van der Waals surface area contributed by atoms with Crippen molar-refractivity contribution >= 4 is 30.0 Å². The van der Waals surface area contributed by atoms with Crippen molar-refractivity contribution in [1.29, 1.82) is 0 Å². The third kappa shape index (κ3) is 8.47. The van der Waals surface area contributed by atoms with Gasteiger partial charge in [-0.25, -0.2) is 14.4 Å². The highest BCUT2D eigenvalue weighted by Gasteiger charge is 2.61. The van der Waals surface area contributed by atoms with E-state index < -0.39 is 77.0 Å². The van der Waals surface area contributed by atoms with E-state index in [0.29, 0.717) is 24.0 Å². The number of alkyl halides is 3. The molecule has 1 aromatic rings. The Morgan fingerprint density at radius 3 is 2.53 bits per heavy atom. The predicted octanol–water partition coefficient (Wildman–Crippen LogP) is 4.54. The molecule has 4 aliphatic rings. The van der Waals surface area contributed by atoms with Gasteiger partial charge >= 0.3 is 24.3 Å². The number of hydrogen-bond acceptors (Lipinski definition) is 7. The first-order valence-corrected chi connectivity index (χ1v) is 16.6. The van der Waals surface area contributed by atoms with Gasteiger partial charge in [0.25, 0.3) is 0 Å². The molecule has 0 unspecified atom stereocenters. The molecule has 1 saturated carbocycles. The molecule has 1 aliphatic carbocycles. The standard InChI is InChI=1S/C34H43F3N4O8/c1-32(2,3)49-30(46)38-25-10-8-6-4-5-7-9-23-17-33(23,29(44)45)39-27(42)26-16-24(19-41(26)28(25)43)48-31(47)40-14-13-20-15-22(34(35,36)37)12-11-21(20)18-40/h7,9,11-12,15,23-26H,4-6,8,10,13-14,16-19H2,1-3H3,(H,38,46)(H,39,42)(H,44,45)/b9-7-/t23-,24+,25-,26-,33+/m0/s1. The minimum absolute atomic E-state index is 0.0174. The molecule has 0 bridgehead atoms. The lowest BCUT2D eigenvalue weighted by Gasteiger charge is -2.30. The maximum absolute atomic E-state index is 14.1. The Hall–Kier alpha value is -4.30. The number of carboxylic acid groups (broad SMARTS) is 1. The fraction of sp³-hybridized carbons (Fsp3) is 0.618. The molecule has 268 valence electrons. The number of carbonyl (C=O) groups excluding carboxylic acids is 4. The third-order valence-corrected chi connectivity index (χ3v) is 9.38. The molecule has 2 fully saturated rings. The van der Waals surface area contributed by atoms with Crippen LogP contribution in [0.1, 0.15) is 82.4 Å². The van der Waals surface area contributed by atoms with Crippen LogP contribution in [0.25, 0.3) is 0 Å². The van der Waals surface area contributed by atoms with Gasteiger partial charge in [-0.15, -0.1) is 0 Å². The molecule has 3 N–H and O–H groups in total. The maximum atomic E-state index is 14.1. The zero-order valence-electron chi connectivity index (χ0n) is 27.8. The van der Waals surface area contributed by atoms with Crippen molar-refractivity contribution in [3.63, 3.8) is 0 Å². The number of fused-ring (bicyclic) bond motifs is 3. The van der Waals surface area contributed by atoms with Gasteiger partial charge in [0.15, 0.2) is 0 Å². The largest absolute Gasteiger partial charge is 0.479 e. The van der Waals surface area contributed by atoms with Crippen LogP contribution in [0, 0.1) is 5.92 Å². The Morgan fingerprint density at radius 1 is 1.08 bits per heavy atom. The van der Waals surface area contributed by atoms with Crippen molar-refractivity contribution in [2.45, 2.75) is 114 Å². The molecular formula is C34H43F3N4O8. The molecule has 5 rings (SSSR count). The second kappa shape index (κ2) is 13.9. The van der Waals surface area contributed by atoms with E-state index in [2.05, 4.69) is 10.6 Å². The van der Waals surface area contributed by atoms with Crippen molar-refractivity contribution in [3.05, 3.63) is 47.0 Å². The second-order valence-corrected chi connectivity index (χ2v) is 14.2. The number of aliphatic carboxylic acids is 1. The van der Waals surface area contributed by atoms with Crippen LogP contribution in [0.2, 0.25) is 0 Å². The van der Waals surface area contributed by atoms with Gasteiger partial charge < -0.3 is 35.0 Å². The van der Waals surface area contributed by atoms with Gasteiger partial charge in [-0.2, -0.15) is 13.2 Å². The van der Waals surface area contributed by atoms with Crippen molar-refractivity contribution in [2.75, 3.05) is 13.1 Å². The lowest BCUT2D eigenvalue weighted by molar-refractivity contribution is -0.145. The number of amides is 4. The summed E-state index contributed by atoms with van der Waals surface area (Å²) in [7, 11) is 0. The summed E-state index contributed by atoms with van der Waals surface area (Å²) in [6, 6.07) is 1.11. The Morgan fingerprint density at radius 2 is 1.84 bits per heavy atom. The Balaban J connectivity index is 1.35. The average Bonchev–Trinajstić information content (AvgIpc) is 3.55. The number of ether oxygens (including phenoxy) is 2. The molecule has 4 amide bonds. The van der Waals surface area contributed by atoms with Crippen LogP contribution in [-0.4, -0.2) is 87.3 Å². The summed E-state index contributed by atoms with van der Waals surface area (Å²) in [5.41, 5.74) is -2.10. The Labute approximate surface area is 282 Å². The second-order valence-electron chi connectivity index (χ2n) is 14.2. The van der Waals surface area contributed by atoms with E-state index in [9.17, 15) is 42.3 Å². The van der Waals surface area contributed by atoms with Gasteiger partial charge in [-0.1, -0.05) is 31.1 Å². The van der Waals surface area contributed by atoms with Crippen LogP contribution in [0.15, 0.2) is 30.4 Å². The molecule has 1 aromatic carbocycles. The maximum Gasteiger partial charge on any atom is 0.416 e. The summed E-state index contributed by atoms with van der Waals surface area (Å²) in [5, 5.41) is 15.3. The van der Waals surface area contributed by atoms with Crippen molar-refractivity contribution in [3.8, 4) is 0 Å². The molecule has 12 nitrogen and oxygen atoms in total. The van der Waals surface area contributed by atoms with Crippen LogP contribution < -0.4 is 10.6 Å². The SMILES string of the molecule is CC(C)(C)OC(=O)N[C@H]1CCCCC/C=C\[C@H]2C[C@@]2(C(=O)O)NC(=O)[C@@H]2C[C@@H](OC(=O)N3CCc4cc(C(F)(F)F)ccc4C3)CN2C1=O. The smallest absolute Gasteiger partial charge is 0.416 e. The highest BCUT2D eigenvalue weighted by molar-refractivity contribution is 5.96. The number of halogens is 3. The van der Waals surface area contributed by atoms with Crippen molar-refractivity contribution in [1.82, 2.24) is 20.4 Å². The quantitative estimate of drug-likeness (QED) is 0.390. The van der Waals surface area contributed by atoms with Gasteiger partial charge in [-0.3, -0.25) is 9.59 Å². The van der Waals surface area contributed by atoms with Crippen molar-refractivity contribution < 1.29 is 51.7 Å². The van der Waals surface area contributed by atoms with Gasteiger partial charge in [0.1, 0.15) is 29.3 Å². The zero-order valence-corrected chi connectivity index (χ0v) is 27.8. The number of nitrogens with one attached hydrogen (secondary N) is 2. The number of carboxylic acids is 1. The first-order chi connectivity index (χ1) is 23.0. The molecule has 3 heterocycles. The highest BCUT2D eigenvalue weighted by Crippen LogP contribution is 2.45. The number of carbonyl (C=O) groups is 5. The van der Waals surface area contributed by atoms with Crippen LogP contribution in [0.5, 0.6) is 0 Å². The van der Waals surface area contributed by atoms with Crippen LogP contribution in [-0.2, 0) is 43.0 Å². The van der Waals surface area contributed by atoms with Crippen LogP contribution in [0.4, 0.5) is 22.8 Å². The van der Waals surface area contributed by atoms with Gasteiger partial charge in [0.2, 0.25) is 11.8 Å². The van der Waals surface area contributed by atoms with Gasteiger partial charge in [0, 0.05) is 25.4 Å². The number of benzene rings is 1. The third-order valence-electron chi connectivity index (χ3n) is 9.38. The zero-order chi connectivity index (χ0) is 35.7. The molecule has 15 heteroatoms. The lowest BCUT2D eigenvalue weighted by Crippen LogP contribution is -2.56. The molecule has 3 aliphatic heterocycles. The van der Waals surface area contributed by atoms with E-state index >= 15 is 0 Å². The minimum Gasteiger partial charge on any atom is -0.479 e. The number of alkyl carbamates (subject to hydrolysis) is 1. The molecule has 0 spiro atoms. The van der Waals surface area contributed by atoms with Crippen LogP contribution >= 0.6 is 0 Å². The van der Waals surface area contributed by atoms with Crippen LogP contribution in [0.3, 0.4) is 0 Å². The molecule has 0 aromatic heterocycles. The fourth-order valence-electron chi connectivity index (χ4n) is 6.70. The minimum atomic E-state index is -4.49. The molecule has 5 atom stereocenters. The van der Waals surface area contributed by atoms with Gasteiger partial charge in [-0.05, 0) is 76.1 Å². The number of nitrogens with zero attached hydrogens (tertiary/aromatic N) is 2. The highest BCUT2D eigenvalue weighted by atomic mass is 19.4. The Kier molecular flexibility index (Phi) is 10.2. The monoisotopic (exact) mass is 692 g/mol. The summed E-state index contributed by atoms with van der Waals surface area (Å²) >= 11 is 0. The van der Waals surface area contributed by atoms with Crippen molar-refractivity contribution in [2.24, 2.45) is 5.92 Å². The molecule has 1 saturated heterocycles. The molecule has 0 radical (unpaired) electrons. The normalized spacial score (nSPS) is 28.4. The average molecular weight is 693 g/mol. The van der Waals surface area contributed by atoms with Gasteiger partial charge in [0.05, 0.1) is 12.1 Å². The Bertz CT molecular complexity index is 1510. The number of allylic oxidation sites excluding steroid dienone is 1. The molecular weight excluding hydrogens is 649 g/mol. The summed E-state index contributed by atoms with van der Waals surface area (Å²) in [6.07, 6.45) is -0.0593. The van der Waals surface area contributed by atoms with E-state index in [1.807, 2.05) is 6.08 Å². The van der Waals surface area contributed by atoms with E-state index in [-0.39, 0.29) is 45.3 Å². The fourth-order valence-corrected chi connectivity index (χ4v) is 6.70. The number of hydrogen-bond donors (Lipinski definition) is 3. The first kappa shape index (κ1) is 36.0. The number of rotatable bonds is 3. The van der Waals surface area contributed by atoms with E-state index in [1.165, 1.54) is 15.9 Å². The van der Waals surface area contributed by atoms with E-state index in [4.69, 9.17) is 9.47 Å². The van der Waals surface area contributed by atoms with E-state index in [1.54, 1.807) is 26.8 Å². The summed E-state index contributed by atoms with van der Waals surface area (Å²) in [4.78, 5) is 68.8. The lowest BCUT2D eigenvalue weighted by atomic mass is 9.97. The topological polar surface area (TPSA) is 155 Å². The summed E-state index contributed by atoms with van der Waals surface area (Å²) in [5.74, 6) is -2.94. The van der Waals surface area contributed by atoms with E-state index in [0.717, 1.165) is 25.0 Å². The molecule has 49 heavy (non-hydrogen) atoms.